The van der Waals surface area contributed by atoms with E-state index < -0.39 is 11.8 Å². The van der Waals surface area contributed by atoms with Crippen LogP contribution in [0.2, 0.25) is 0 Å². The summed E-state index contributed by atoms with van der Waals surface area (Å²) in [4.78, 5) is 23.8. The molecule has 0 spiro atoms. The summed E-state index contributed by atoms with van der Waals surface area (Å²) in [7, 11) is 0. The zero-order valence-corrected chi connectivity index (χ0v) is 17.7. The van der Waals surface area contributed by atoms with Crippen LogP contribution in [0.15, 0.2) is 40.8 Å². The van der Waals surface area contributed by atoms with Crippen LogP contribution in [0.4, 0.5) is 0 Å². The van der Waals surface area contributed by atoms with Crippen molar-refractivity contribution >= 4 is 35.2 Å². The fourth-order valence-corrected chi connectivity index (χ4v) is 2.59. The largest absolute Gasteiger partial charge is 0.483 e. The van der Waals surface area contributed by atoms with Crippen LogP contribution >= 0.6 is 12.2 Å². The third-order valence-corrected chi connectivity index (χ3v) is 4.07. The van der Waals surface area contributed by atoms with E-state index in [0.717, 1.165) is 16.9 Å². The molecule has 0 aliphatic carbocycles. The Bertz CT molecular complexity index is 918. The number of thiocarbonyl (C=S) groups is 1. The maximum atomic E-state index is 12.0. The first kappa shape index (κ1) is 22.2. The Labute approximate surface area is 175 Å². The van der Waals surface area contributed by atoms with Gasteiger partial charge in [-0.25, -0.2) is 0 Å². The Hall–Kier alpha value is -3.13. The molecule has 2 rings (SSSR count). The minimum absolute atomic E-state index is 0.0398. The smallest absolute Gasteiger partial charge is 0.276 e. The number of carbonyl (C=O) groups is 2. The average molecular weight is 416 g/mol. The van der Waals surface area contributed by atoms with Gasteiger partial charge in [0.2, 0.25) is 5.91 Å². The predicted octanol–water partition coefficient (Wildman–Crippen LogP) is 3.13. The van der Waals surface area contributed by atoms with Crippen molar-refractivity contribution in [3.8, 4) is 5.75 Å². The molecule has 2 amide bonds. The molecule has 8 heteroatoms. The zero-order valence-electron chi connectivity index (χ0n) is 16.9. The minimum Gasteiger partial charge on any atom is -0.483 e. The van der Waals surface area contributed by atoms with E-state index in [1.54, 1.807) is 12.1 Å². The molecule has 0 fully saturated rings. The molecule has 0 bridgehead atoms. The summed E-state index contributed by atoms with van der Waals surface area (Å²) >= 11 is 4.98. The van der Waals surface area contributed by atoms with Crippen LogP contribution < -0.4 is 20.9 Å². The highest BCUT2D eigenvalue weighted by atomic mass is 32.1. The first-order chi connectivity index (χ1) is 13.7. The average Bonchev–Trinajstić information content (AvgIpc) is 3.08. The van der Waals surface area contributed by atoms with Gasteiger partial charge in [0.1, 0.15) is 17.3 Å². The lowest BCUT2D eigenvalue weighted by atomic mass is 10.0. The summed E-state index contributed by atoms with van der Waals surface area (Å²) in [6.07, 6.45) is 2.80. The number of aryl methyl sites for hydroxylation is 2. The van der Waals surface area contributed by atoms with Gasteiger partial charge in [-0.2, -0.15) is 0 Å². The van der Waals surface area contributed by atoms with Gasteiger partial charge in [0.25, 0.3) is 5.91 Å². The number of benzene rings is 1. The topological polar surface area (TPSA) is 92.6 Å². The summed E-state index contributed by atoms with van der Waals surface area (Å²) in [5.41, 5.74) is 6.92. The van der Waals surface area contributed by atoms with Crippen molar-refractivity contribution < 1.29 is 18.7 Å². The molecular weight excluding hydrogens is 390 g/mol. The number of hydrogen-bond acceptors (Lipinski definition) is 5. The van der Waals surface area contributed by atoms with Crippen molar-refractivity contribution in [1.82, 2.24) is 16.2 Å². The van der Waals surface area contributed by atoms with Crippen LogP contribution in [0.1, 0.15) is 42.4 Å². The number of carbonyl (C=O) groups excluding carboxylic acids is 2. The van der Waals surface area contributed by atoms with Gasteiger partial charge in [-0.15, -0.1) is 0 Å². The van der Waals surface area contributed by atoms with E-state index in [1.807, 2.05) is 32.0 Å². The van der Waals surface area contributed by atoms with Crippen molar-refractivity contribution in [3.63, 3.8) is 0 Å². The number of rotatable bonds is 6. The lowest BCUT2D eigenvalue weighted by Crippen LogP contribution is -2.49. The van der Waals surface area contributed by atoms with Crippen LogP contribution in [0, 0.1) is 13.8 Å². The van der Waals surface area contributed by atoms with Gasteiger partial charge in [-0.1, -0.05) is 26.0 Å². The standard InChI is InChI=1S/C21H25N3O4S/c1-13(2)17-9-5-14(3)11-18(17)27-12-20(26)23-24-21(29)22-19(25)10-8-16-7-6-15(4)28-16/h5-11,13H,12H2,1-4H3,(H,23,26)(H2,22,24,25,29). The van der Waals surface area contributed by atoms with Crippen LogP contribution in [0.25, 0.3) is 6.08 Å². The van der Waals surface area contributed by atoms with Crippen molar-refractivity contribution in [2.24, 2.45) is 0 Å². The predicted molar refractivity (Wildman–Crippen MR) is 115 cm³/mol. The number of furan rings is 1. The summed E-state index contributed by atoms with van der Waals surface area (Å²) in [5, 5.41) is 2.38. The van der Waals surface area contributed by atoms with Crippen molar-refractivity contribution in [2.75, 3.05) is 6.61 Å². The fraction of sp³-hybridized carbons (Fsp3) is 0.286. The van der Waals surface area contributed by atoms with E-state index >= 15 is 0 Å². The lowest BCUT2D eigenvalue weighted by Gasteiger charge is -2.15. The maximum absolute atomic E-state index is 12.0. The van der Waals surface area contributed by atoms with Crippen molar-refractivity contribution in [1.29, 1.82) is 0 Å². The zero-order chi connectivity index (χ0) is 21.4. The Morgan fingerprint density at radius 2 is 1.93 bits per heavy atom. The second-order valence-electron chi connectivity index (χ2n) is 6.76. The third-order valence-electron chi connectivity index (χ3n) is 3.86. The van der Waals surface area contributed by atoms with Crippen molar-refractivity contribution in [3.05, 3.63) is 59.1 Å². The van der Waals surface area contributed by atoms with Crippen LogP contribution in [-0.2, 0) is 9.59 Å². The highest BCUT2D eigenvalue weighted by Crippen LogP contribution is 2.27. The molecule has 1 aromatic heterocycles. The molecule has 7 nitrogen and oxygen atoms in total. The molecule has 1 aromatic carbocycles. The maximum Gasteiger partial charge on any atom is 0.276 e. The van der Waals surface area contributed by atoms with Gasteiger partial charge in [0.15, 0.2) is 11.7 Å². The molecule has 154 valence electrons. The molecule has 3 N–H and O–H groups in total. The van der Waals surface area contributed by atoms with Gasteiger partial charge in [-0.3, -0.25) is 25.8 Å². The fourth-order valence-electron chi connectivity index (χ4n) is 2.44. The monoisotopic (exact) mass is 415 g/mol. The van der Waals surface area contributed by atoms with Gasteiger partial charge in [-0.05, 0) is 67.4 Å². The second-order valence-corrected chi connectivity index (χ2v) is 7.17. The van der Waals surface area contributed by atoms with Crippen LogP contribution in [0.3, 0.4) is 0 Å². The second kappa shape index (κ2) is 10.4. The molecule has 0 atom stereocenters. The van der Waals surface area contributed by atoms with Gasteiger partial charge in [0, 0.05) is 6.08 Å². The summed E-state index contributed by atoms with van der Waals surface area (Å²) in [6.45, 7) is 7.70. The van der Waals surface area contributed by atoms with Crippen LogP contribution in [-0.4, -0.2) is 23.5 Å². The summed E-state index contributed by atoms with van der Waals surface area (Å²) in [6, 6.07) is 9.44. The number of hydrazine groups is 1. The molecule has 0 saturated carbocycles. The third kappa shape index (κ3) is 7.42. The molecule has 0 aliphatic heterocycles. The number of nitrogens with one attached hydrogen (secondary N) is 3. The Balaban J connectivity index is 1.76. The van der Waals surface area contributed by atoms with E-state index in [4.69, 9.17) is 21.4 Å². The molecule has 0 unspecified atom stereocenters. The molecule has 0 aliphatic rings. The van der Waals surface area contributed by atoms with E-state index in [2.05, 4.69) is 30.0 Å². The molecule has 1 heterocycles. The van der Waals surface area contributed by atoms with Gasteiger partial charge in [0.05, 0.1) is 0 Å². The van der Waals surface area contributed by atoms with Crippen molar-refractivity contribution in [2.45, 2.75) is 33.6 Å². The van der Waals surface area contributed by atoms with E-state index in [1.165, 1.54) is 12.2 Å². The van der Waals surface area contributed by atoms with E-state index in [9.17, 15) is 9.59 Å². The van der Waals surface area contributed by atoms with E-state index in [-0.39, 0.29) is 17.6 Å². The minimum atomic E-state index is -0.455. The first-order valence-corrected chi connectivity index (χ1v) is 9.53. The highest BCUT2D eigenvalue weighted by molar-refractivity contribution is 7.80. The summed E-state index contributed by atoms with van der Waals surface area (Å²) < 4.78 is 11.0. The van der Waals surface area contributed by atoms with Crippen LogP contribution in [0.5, 0.6) is 5.75 Å². The number of amides is 2. The summed E-state index contributed by atoms with van der Waals surface area (Å²) in [5.74, 6) is 1.36. The SMILES string of the molecule is Cc1ccc(C(C)C)c(OCC(=O)NNC(=S)NC(=O)C=Cc2ccc(C)o2)c1. The van der Waals surface area contributed by atoms with Gasteiger partial charge < -0.3 is 9.15 Å². The normalized spacial score (nSPS) is 10.8. The quantitative estimate of drug-likeness (QED) is 0.381. The number of ether oxygens (including phenoxy) is 1. The molecule has 0 radical (unpaired) electrons. The number of hydrogen-bond donors (Lipinski definition) is 3. The molecule has 2 aromatic rings. The van der Waals surface area contributed by atoms with Gasteiger partial charge >= 0.3 is 0 Å². The lowest BCUT2D eigenvalue weighted by molar-refractivity contribution is -0.123. The Morgan fingerprint density at radius 3 is 2.59 bits per heavy atom. The Morgan fingerprint density at radius 1 is 1.17 bits per heavy atom. The Kier molecular flexibility index (Phi) is 7.97. The highest BCUT2D eigenvalue weighted by Gasteiger charge is 2.11. The first-order valence-electron chi connectivity index (χ1n) is 9.12. The molecule has 29 heavy (non-hydrogen) atoms. The molecular formula is C21H25N3O4S. The molecule has 0 saturated heterocycles. The van der Waals surface area contributed by atoms with E-state index in [0.29, 0.717) is 11.5 Å².